The van der Waals surface area contributed by atoms with Gasteiger partial charge in [0.2, 0.25) is 0 Å². The molecule has 0 saturated carbocycles. The maximum absolute atomic E-state index is 4.21. The lowest BCUT2D eigenvalue weighted by Crippen LogP contribution is -2.18. The number of likely N-dealkylation sites (N-methyl/N-ethyl adjacent to an activating group) is 1. The zero-order valence-corrected chi connectivity index (χ0v) is 15.3. The summed E-state index contributed by atoms with van der Waals surface area (Å²) in [5.41, 5.74) is 7.19. The Hall–Kier alpha value is -3.24. The average Bonchev–Trinajstić information content (AvgIpc) is 3.28. The second-order valence-corrected chi connectivity index (χ2v) is 6.58. The van der Waals surface area contributed by atoms with Crippen molar-refractivity contribution in [1.82, 2.24) is 20.5 Å². The smallest absolute Gasteiger partial charge is 0.0565 e. The van der Waals surface area contributed by atoms with Crippen LogP contribution in [0.3, 0.4) is 0 Å². The van der Waals surface area contributed by atoms with E-state index in [0.29, 0.717) is 5.92 Å². The molecule has 0 bridgehead atoms. The Kier molecular flexibility index (Phi) is 5.08. The summed E-state index contributed by atoms with van der Waals surface area (Å²) in [6.07, 6.45) is 7.46. The molecule has 0 aliphatic rings. The van der Waals surface area contributed by atoms with Gasteiger partial charge in [-0.2, -0.15) is 5.10 Å². The van der Waals surface area contributed by atoms with Crippen molar-refractivity contribution >= 4 is 0 Å². The summed E-state index contributed by atoms with van der Waals surface area (Å²) in [5, 5.41) is 10.2. The fraction of sp³-hybridized carbons (Fsp3) is 0.130. The Balaban J connectivity index is 1.60. The Morgan fingerprint density at radius 1 is 0.815 bits per heavy atom. The highest BCUT2D eigenvalue weighted by atomic mass is 15.1. The van der Waals surface area contributed by atoms with Crippen molar-refractivity contribution in [2.24, 2.45) is 0 Å². The van der Waals surface area contributed by atoms with Crippen LogP contribution in [0, 0.1) is 0 Å². The Bertz CT molecular complexity index is 959. The highest BCUT2D eigenvalue weighted by Gasteiger charge is 2.14. The molecule has 0 aliphatic heterocycles. The largest absolute Gasteiger partial charge is 0.319 e. The predicted molar refractivity (Wildman–Crippen MR) is 109 cm³/mol. The van der Waals surface area contributed by atoms with Crippen LogP contribution in [0.1, 0.15) is 17.0 Å². The van der Waals surface area contributed by atoms with Crippen LogP contribution in [0.4, 0.5) is 0 Å². The molecule has 4 heteroatoms. The lowest BCUT2D eigenvalue weighted by Gasteiger charge is -2.18. The van der Waals surface area contributed by atoms with Crippen LogP contribution in [0.25, 0.3) is 22.3 Å². The number of rotatable bonds is 6. The molecule has 1 atom stereocenters. The van der Waals surface area contributed by atoms with Crippen molar-refractivity contribution in [3.63, 3.8) is 0 Å². The van der Waals surface area contributed by atoms with Gasteiger partial charge in [-0.3, -0.25) is 10.1 Å². The van der Waals surface area contributed by atoms with Crippen LogP contribution in [0.2, 0.25) is 0 Å². The minimum Gasteiger partial charge on any atom is -0.319 e. The van der Waals surface area contributed by atoms with E-state index in [1.54, 1.807) is 6.20 Å². The van der Waals surface area contributed by atoms with E-state index in [1.807, 2.05) is 31.7 Å². The third-order valence-electron chi connectivity index (χ3n) is 4.86. The minimum absolute atomic E-state index is 0.302. The molecule has 2 aromatic heterocycles. The van der Waals surface area contributed by atoms with Crippen LogP contribution in [-0.2, 0) is 0 Å². The van der Waals surface area contributed by atoms with Gasteiger partial charge >= 0.3 is 0 Å². The quantitative estimate of drug-likeness (QED) is 0.536. The second-order valence-electron chi connectivity index (χ2n) is 6.58. The van der Waals surface area contributed by atoms with E-state index >= 15 is 0 Å². The molecule has 27 heavy (non-hydrogen) atoms. The van der Waals surface area contributed by atoms with E-state index in [9.17, 15) is 0 Å². The van der Waals surface area contributed by atoms with Crippen molar-refractivity contribution in [2.45, 2.75) is 5.92 Å². The summed E-state index contributed by atoms with van der Waals surface area (Å²) in [5.74, 6) is 0.302. The number of aromatic nitrogens is 3. The number of nitrogens with zero attached hydrogens (tertiary/aromatic N) is 2. The average molecular weight is 354 g/mol. The van der Waals surface area contributed by atoms with Gasteiger partial charge in [0, 0.05) is 36.6 Å². The van der Waals surface area contributed by atoms with Gasteiger partial charge in [0.25, 0.3) is 0 Å². The fourth-order valence-corrected chi connectivity index (χ4v) is 3.39. The minimum atomic E-state index is 0.302. The van der Waals surface area contributed by atoms with Crippen molar-refractivity contribution in [3.8, 4) is 22.3 Å². The van der Waals surface area contributed by atoms with E-state index in [0.717, 1.165) is 17.7 Å². The molecular weight excluding hydrogens is 332 g/mol. The molecule has 0 amide bonds. The summed E-state index contributed by atoms with van der Waals surface area (Å²) < 4.78 is 0. The molecule has 4 aromatic rings. The van der Waals surface area contributed by atoms with Crippen LogP contribution in [0.5, 0.6) is 0 Å². The SMILES string of the molecule is CNCC(c1ccc(-c2cccnc2)cc1)c1ccc(-c2cn[nH]c2)cc1. The molecule has 2 heterocycles. The third-order valence-corrected chi connectivity index (χ3v) is 4.86. The van der Waals surface area contributed by atoms with Crippen LogP contribution < -0.4 is 5.32 Å². The number of hydrogen-bond acceptors (Lipinski definition) is 3. The maximum atomic E-state index is 4.21. The van der Waals surface area contributed by atoms with Crippen LogP contribution >= 0.6 is 0 Å². The molecule has 134 valence electrons. The van der Waals surface area contributed by atoms with Crippen molar-refractivity contribution in [3.05, 3.63) is 96.6 Å². The summed E-state index contributed by atoms with van der Waals surface area (Å²) in [6.45, 7) is 0.886. The second kappa shape index (κ2) is 7.98. The van der Waals surface area contributed by atoms with E-state index in [1.165, 1.54) is 22.3 Å². The lowest BCUT2D eigenvalue weighted by molar-refractivity contribution is 0.708. The number of H-pyrrole nitrogens is 1. The van der Waals surface area contributed by atoms with Gasteiger partial charge < -0.3 is 5.32 Å². The van der Waals surface area contributed by atoms with Gasteiger partial charge in [-0.05, 0) is 40.9 Å². The third kappa shape index (κ3) is 3.81. The molecular formula is C23H22N4. The number of benzene rings is 2. The zero-order valence-electron chi connectivity index (χ0n) is 15.3. The molecule has 0 aliphatic carbocycles. The molecule has 1 unspecified atom stereocenters. The van der Waals surface area contributed by atoms with Crippen molar-refractivity contribution in [2.75, 3.05) is 13.6 Å². The summed E-state index contributed by atoms with van der Waals surface area (Å²) in [4.78, 5) is 4.21. The molecule has 2 N–H and O–H groups in total. The van der Waals surface area contributed by atoms with E-state index < -0.39 is 0 Å². The van der Waals surface area contributed by atoms with Gasteiger partial charge in [-0.1, -0.05) is 54.6 Å². The first-order chi connectivity index (χ1) is 13.3. The van der Waals surface area contributed by atoms with Gasteiger partial charge in [0.05, 0.1) is 6.20 Å². The first-order valence-electron chi connectivity index (χ1n) is 9.09. The van der Waals surface area contributed by atoms with Crippen LogP contribution in [-0.4, -0.2) is 28.8 Å². The lowest BCUT2D eigenvalue weighted by atomic mass is 9.89. The van der Waals surface area contributed by atoms with Crippen LogP contribution in [0.15, 0.2) is 85.5 Å². The summed E-state index contributed by atoms with van der Waals surface area (Å²) in [7, 11) is 2.00. The molecule has 0 radical (unpaired) electrons. The van der Waals surface area contributed by atoms with E-state index in [-0.39, 0.29) is 0 Å². The maximum Gasteiger partial charge on any atom is 0.0565 e. The highest BCUT2D eigenvalue weighted by Crippen LogP contribution is 2.28. The molecule has 2 aromatic carbocycles. The fourth-order valence-electron chi connectivity index (χ4n) is 3.39. The van der Waals surface area contributed by atoms with Gasteiger partial charge in [-0.25, -0.2) is 0 Å². The Morgan fingerprint density at radius 2 is 1.48 bits per heavy atom. The first kappa shape index (κ1) is 17.2. The Labute approximate surface area is 159 Å². The topological polar surface area (TPSA) is 53.6 Å². The van der Waals surface area contributed by atoms with Gasteiger partial charge in [-0.15, -0.1) is 0 Å². The molecule has 0 spiro atoms. The van der Waals surface area contributed by atoms with E-state index in [4.69, 9.17) is 0 Å². The number of nitrogens with one attached hydrogen (secondary N) is 2. The monoisotopic (exact) mass is 354 g/mol. The highest BCUT2D eigenvalue weighted by molar-refractivity contribution is 5.64. The zero-order chi connectivity index (χ0) is 18.5. The first-order valence-corrected chi connectivity index (χ1v) is 9.09. The molecule has 4 rings (SSSR count). The number of pyridine rings is 1. The van der Waals surface area contributed by atoms with Gasteiger partial charge in [0.1, 0.15) is 0 Å². The number of aromatic amines is 1. The van der Waals surface area contributed by atoms with Gasteiger partial charge in [0.15, 0.2) is 0 Å². The van der Waals surface area contributed by atoms with Crippen molar-refractivity contribution in [1.29, 1.82) is 0 Å². The van der Waals surface area contributed by atoms with Crippen molar-refractivity contribution < 1.29 is 0 Å². The molecule has 0 fully saturated rings. The van der Waals surface area contributed by atoms with E-state index in [2.05, 4.69) is 75.1 Å². The standard InChI is InChI=1S/C23H22N4/c1-24-16-23(20-10-6-18(7-11-20)22-14-26-27-15-22)19-8-4-17(5-9-19)21-3-2-12-25-13-21/h2-15,23-24H,16H2,1H3,(H,26,27). The normalized spacial score (nSPS) is 12.0. The predicted octanol–water partition coefficient (Wildman–Crippen LogP) is 4.49. The molecule has 4 nitrogen and oxygen atoms in total. The number of hydrogen-bond donors (Lipinski definition) is 2. The molecule has 0 saturated heterocycles. The summed E-state index contributed by atoms with van der Waals surface area (Å²) >= 11 is 0. The summed E-state index contributed by atoms with van der Waals surface area (Å²) in [6, 6.07) is 21.6. The Morgan fingerprint density at radius 3 is 2.00 bits per heavy atom.